The third kappa shape index (κ3) is 4.13. The molecule has 0 radical (unpaired) electrons. The van der Waals surface area contributed by atoms with Crippen molar-refractivity contribution in [1.82, 2.24) is 9.97 Å². The number of anilines is 4. The van der Waals surface area contributed by atoms with Crippen LogP contribution in [0.1, 0.15) is 21.7 Å². The first-order valence-electron chi connectivity index (χ1n) is 7.77. The molecule has 3 rings (SSSR count). The molecular weight excluding hydrogens is 330 g/mol. The number of nitriles is 1. The summed E-state index contributed by atoms with van der Waals surface area (Å²) in [4.78, 5) is 19.6. The molecule has 128 valence electrons. The van der Waals surface area contributed by atoms with Crippen molar-refractivity contribution in [2.75, 3.05) is 10.6 Å². The maximum absolute atomic E-state index is 10.9. The molecule has 7 nitrogen and oxygen atoms in total. The predicted molar refractivity (Wildman–Crippen MR) is 97.9 cm³/mol. The number of carboxylic acids is 1. The number of aryl methyl sites for hydroxylation is 1. The second-order valence-corrected chi connectivity index (χ2v) is 5.51. The summed E-state index contributed by atoms with van der Waals surface area (Å²) in [5, 5.41) is 24.2. The number of hydrogen-bond donors (Lipinski definition) is 3. The number of hydrogen-bond acceptors (Lipinski definition) is 6. The average molecular weight is 345 g/mol. The second-order valence-electron chi connectivity index (χ2n) is 5.51. The molecule has 3 aromatic rings. The third-order valence-corrected chi connectivity index (χ3v) is 3.51. The van der Waals surface area contributed by atoms with Gasteiger partial charge in [0.1, 0.15) is 17.5 Å². The zero-order valence-electron chi connectivity index (χ0n) is 13.9. The van der Waals surface area contributed by atoms with E-state index in [0.717, 1.165) is 5.69 Å². The summed E-state index contributed by atoms with van der Waals surface area (Å²) in [6, 6.07) is 17.3. The van der Waals surface area contributed by atoms with Gasteiger partial charge in [-0.2, -0.15) is 5.26 Å². The van der Waals surface area contributed by atoms with E-state index in [-0.39, 0.29) is 5.56 Å². The van der Waals surface area contributed by atoms with E-state index >= 15 is 0 Å². The van der Waals surface area contributed by atoms with Crippen molar-refractivity contribution in [1.29, 1.82) is 5.26 Å². The van der Waals surface area contributed by atoms with Gasteiger partial charge in [0.2, 0.25) is 0 Å². The Hall–Kier alpha value is -3.92. The summed E-state index contributed by atoms with van der Waals surface area (Å²) in [7, 11) is 0. The molecule has 0 fully saturated rings. The van der Waals surface area contributed by atoms with E-state index in [0.29, 0.717) is 28.7 Å². The topological polar surface area (TPSA) is 111 Å². The van der Waals surface area contributed by atoms with Crippen LogP contribution in [0.3, 0.4) is 0 Å². The van der Waals surface area contributed by atoms with E-state index in [9.17, 15) is 4.79 Å². The van der Waals surface area contributed by atoms with Crippen LogP contribution < -0.4 is 10.6 Å². The Bertz CT molecular complexity index is 994. The quantitative estimate of drug-likeness (QED) is 0.644. The Labute approximate surface area is 150 Å². The summed E-state index contributed by atoms with van der Waals surface area (Å²) < 4.78 is 0. The lowest BCUT2D eigenvalue weighted by Gasteiger charge is -2.10. The van der Waals surface area contributed by atoms with Gasteiger partial charge in [-0.15, -0.1) is 0 Å². The highest BCUT2D eigenvalue weighted by Crippen LogP contribution is 2.21. The van der Waals surface area contributed by atoms with Crippen LogP contribution in [-0.4, -0.2) is 21.0 Å². The van der Waals surface area contributed by atoms with Crippen LogP contribution in [-0.2, 0) is 0 Å². The summed E-state index contributed by atoms with van der Waals surface area (Å²) in [6.45, 7) is 1.77. The van der Waals surface area contributed by atoms with Gasteiger partial charge in [-0.3, -0.25) is 0 Å². The molecule has 0 saturated carbocycles. The van der Waals surface area contributed by atoms with Crippen molar-refractivity contribution in [2.45, 2.75) is 6.92 Å². The van der Waals surface area contributed by atoms with Crippen LogP contribution in [0.15, 0.2) is 54.6 Å². The molecular formula is C19H15N5O2. The van der Waals surface area contributed by atoms with Gasteiger partial charge in [0, 0.05) is 17.4 Å². The molecule has 0 aliphatic heterocycles. The molecule has 3 N–H and O–H groups in total. The first-order valence-corrected chi connectivity index (χ1v) is 7.77. The Morgan fingerprint density at radius 1 is 1.00 bits per heavy atom. The molecule has 0 aliphatic carbocycles. The highest BCUT2D eigenvalue weighted by Gasteiger charge is 2.06. The lowest BCUT2D eigenvalue weighted by molar-refractivity contribution is 0.0697. The second kappa shape index (κ2) is 7.32. The standard InChI is InChI=1S/C19H15N5O2/c1-12-21-17(23-15-7-5-14(6-8-15)19(25)26)10-18(22-12)24-16-4-2-3-13(9-16)11-20/h2-10H,1H3,(H,25,26)(H2,21,22,23,24). The van der Waals surface area contributed by atoms with Gasteiger partial charge in [0.05, 0.1) is 17.2 Å². The van der Waals surface area contributed by atoms with Gasteiger partial charge in [-0.05, 0) is 49.4 Å². The fourth-order valence-corrected chi connectivity index (χ4v) is 2.35. The third-order valence-electron chi connectivity index (χ3n) is 3.51. The number of carboxylic acid groups (broad SMARTS) is 1. The normalized spacial score (nSPS) is 10.0. The summed E-state index contributed by atoms with van der Waals surface area (Å²) in [6.07, 6.45) is 0. The minimum Gasteiger partial charge on any atom is -0.478 e. The van der Waals surface area contributed by atoms with Crippen LogP contribution in [0.2, 0.25) is 0 Å². The van der Waals surface area contributed by atoms with Crippen molar-refractivity contribution in [3.05, 3.63) is 71.5 Å². The van der Waals surface area contributed by atoms with E-state index in [1.54, 1.807) is 43.3 Å². The van der Waals surface area contributed by atoms with E-state index in [4.69, 9.17) is 10.4 Å². The summed E-state index contributed by atoms with van der Waals surface area (Å²) >= 11 is 0. The Morgan fingerprint density at radius 2 is 1.65 bits per heavy atom. The smallest absolute Gasteiger partial charge is 0.335 e. The van der Waals surface area contributed by atoms with Crippen molar-refractivity contribution in [2.24, 2.45) is 0 Å². The number of aromatic carboxylic acids is 1. The van der Waals surface area contributed by atoms with Gasteiger partial charge < -0.3 is 15.7 Å². The molecule has 7 heteroatoms. The molecule has 0 spiro atoms. The van der Waals surface area contributed by atoms with Crippen LogP contribution in [0.5, 0.6) is 0 Å². The molecule has 0 atom stereocenters. The molecule has 0 aliphatic rings. The lowest BCUT2D eigenvalue weighted by Crippen LogP contribution is -2.02. The monoisotopic (exact) mass is 345 g/mol. The van der Waals surface area contributed by atoms with Crippen molar-refractivity contribution >= 4 is 29.0 Å². The molecule has 0 saturated heterocycles. The van der Waals surface area contributed by atoms with Gasteiger partial charge in [0.25, 0.3) is 0 Å². The highest BCUT2D eigenvalue weighted by atomic mass is 16.4. The number of nitrogens with zero attached hydrogens (tertiary/aromatic N) is 3. The predicted octanol–water partition coefficient (Wildman–Crippen LogP) is 3.84. The molecule has 0 amide bonds. The fourth-order valence-electron chi connectivity index (χ4n) is 2.35. The van der Waals surface area contributed by atoms with Gasteiger partial charge >= 0.3 is 5.97 Å². The van der Waals surface area contributed by atoms with Crippen LogP contribution in [0.25, 0.3) is 0 Å². The molecule has 0 bridgehead atoms. The van der Waals surface area contributed by atoms with E-state index in [1.165, 1.54) is 12.1 Å². The average Bonchev–Trinajstić information content (AvgIpc) is 2.62. The van der Waals surface area contributed by atoms with Gasteiger partial charge in [-0.25, -0.2) is 14.8 Å². The summed E-state index contributed by atoms with van der Waals surface area (Å²) in [5.74, 6) is 0.744. The molecule has 26 heavy (non-hydrogen) atoms. The zero-order chi connectivity index (χ0) is 18.5. The van der Waals surface area contributed by atoms with Crippen LogP contribution in [0.4, 0.5) is 23.0 Å². The fraction of sp³-hybridized carbons (Fsp3) is 0.0526. The van der Waals surface area contributed by atoms with Crippen molar-refractivity contribution in [3.8, 4) is 6.07 Å². The Balaban J connectivity index is 1.81. The Kier molecular flexibility index (Phi) is 4.76. The number of benzene rings is 2. The summed E-state index contributed by atoms with van der Waals surface area (Å²) in [5.41, 5.74) is 2.23. The number of aromatic nitrogens is 2. The van der Waals surface area contributed by atoms with E-state index in [1.807, 2.05) is 6.07 Å². The number of nitrogens with one attached hydrogen (secondary N) is 2. The molecule has 1 aromatic heterocycles. The first-order chi connectivity index (χ1) is 12.5. The zero-order valence-corrected chi connectivity index (χ0v) is 13.9. The number of carbonyl (C=O) groups is 1. The Morgan fingerprint density at radius 3 is 2.27 bits per heavy atom. The van der Waals surface area contributed by atoms with Crippen LogP contribution in [0, 0.1) is 18.3 Å². The van der Waals surface area contributed by atoms with E-state index in [2.05, 4.69) is 26.7 Å². The van der Waals surface area contributed by atoms with Gasteiger partial charge in [-0.1, -0.05) is 6.07 Å². The molecule has 1 heterocycles. The minimum absolute atomic E-state index is 0.217. The lowest BCUT2D eigenvalue weighted by atomic mass is 10.2. The number of rotatable bonds is 5. The maximum atomic E-state index is 10.9. The SMILES string of the molecule is Cc1nc(Nc2ccc(C(=O)O)cc2)cc(Nc2cccc(C#N)c2)n1. The van der Waals surface area contributed by atoms with Crippen molar-refractivity contribution < 1.29 is 9.90 Å². The van der Waals surface area contributed by atoms with Crippen LogP contribution >= 0.6 is 0 Å². The first kappa shape index (κ1) is 16.9. The molecule has 2 aromatic carbocycles. The largest absolute Gasteiger partial charge is 0.478 e. The van der Waals surface area contributed by atoms with Gasteiger partial charge in [0.15, 0.2) is 0 Å². The highest BCUT2D eigenvalue weighted by molar-refractivity contribution is 5.88. The van der Waals surface area contributed by atoms with E-state index < -0.39 is 5.97 Å². The molecule has 0 unspecified atom stereocenters. The van der Waals surface area contributed by atoms with Crippen molar-refractivity contribution in [3.63, 3.8) is 0 Å². The maximum Gasteiger partial charge on any atom is 0.335 e. The minimum atomic E-state index is -0.972.